The third-order valence-corrected chi connectivity index (χ3v) is 3.00. The molecule has 0 aliphatic rings. The minimum absolute atomic E-state index is 0.0481. The van der Waals surface area contributed by atoms with Crippen LogP contribution in [0.5, 0.6) is 0 Å². The predicted octanol–water partition coefficient (Wildman–Crippen LogP) is 1.98. The number of hydrogen-bond donors (Lipinski definition) is 1. The van der Waals surface area contributed by atoms with E-state index in [0.29, 0.717) is 18.7 Å². The van der Waals surface area contributed by atoms with Crippen molar-refractivity contribution in [1.82, 2.24) is 10.2 Å². The van der Waals surface area contributed by atoms with E-state index in [9.17, 15) is 9.59 Å². The number of nitrogens with one attached hydrogen (secondary N) is 1. The third kappa shape index (κ3) is 4.73. The molecule has 0 aliphatic carbocycles. The molecule has 104 valence electrons. The van der Waals surface area contributed by atoms with Crippen molar-refractivity contribution in [3.63, 3.8) is 0 Å². The van der Waals surface area contributed by atoms with E-state index in [1.54, 1.807) is 17.9 Å². The van der Waals surface area contributed by atoms with Crippen molar-refractivity contribution in [3.8, 4) is 0 Å². The number of carbonyl (C=O) groups is 2. The van der Waals surface area contributed by atoms with E-state index in [2.05, 4.69) is 5.32 Å². The van der Waals surface area contributed by atoms with Gasteiger partial charge < -0.3 is 10.2 Å². The first-order chi connectivity index (χ1) is 9.06. The molecule has 1 N–H and O–H groups in total. The molecule has 2 amide bonds. The molecular weight excluding hydrogens is 240 g/mol. The van der Waals surface area contributed by atoms with E-state index in [1.807, 2.05) is 32.0 Å². The van der Waals surface area contributed by atoms with Crippen LogP contribution in [-0.2, 0) is 4.79 Å². The molecule has 0 spiro atoms. The van der Waals surface area contributed by atoms with Gasteiger partial charge in [0.05, 0.1) is 0 Å². The van der Waals surface area contributed by atoms with Gasteiger partial charge >= 0.3 is 0 Å². The second-order valence-corrected chi connectivity index (χ2v) is 4.58. The lowest BCUT2D eigenvalue weighted by Crippen LogP contribution is -2.38. The van der Waals surface area contributed by atoms with Crippen molar-refractivity contribution in [2.24, 2.45) is 0 Å². The van der Waals surface area contributed by atoms with Crippen LogP contribution in [0.4, 0.5) is 0 Å². The SMILES string of the molecule is CCCN(CCNC(=O)c1ccccc1C)C(C)=O. The number of amides is 2. The van der Waals surface area contributed by atoms with E-state index in [0.717, 1.165) is 18.5 Å². The Morgan fingerprint density at radius 3 is 2.47 bits per heavy atom. The highest BCUT2D eigenvalue weighted by atomic mass is 16.2. The van der Waals surface area contributed by atoms with Gasteiger partial charge in [-0.1, -0.05) is 25.1 Å². The molecular formula is C15H22N2O2. The summed E-state index contributed by atoms with van der Waals surface area (Å²) in [6, 6.07) is 7.47. The van der Waals surface area contributed by atoms with Crippen LogP contribution in [0.2, 0.25) is 0 Å². The number of rotatable bonds is 6. The summed E-state index contributed by atoms with van der Waals surface area (Å²) in [5, 5.41) is 2.85. The Morgan fingerprint density at radius 1 is 1.21 bits per heavy atom. The molecule has 0 radical (unpaired) electrons. The van der Waals surface area contributed by atoms with Crippen LogP contribution < -0.4 is 5.32 Å². The molecule has 0 fully saturated rings. The zero-order valence-corrected chi connectivity index (χ0v) is 11.9. The Hall–Kier alpha value is -1.84. The zero-order chi connectivity index (χ0) is 14.3. The normalized spacial score (nSPS) is 10.1. The predicted molar refractivity (Wildman–Crippen MR) is 76.1 cm³/mol. The second-order valence-electron chi connectivity index (χ2n) is 4.58. The fourth-order valence-electron chi connectivity index (χ4n) is 1.92. The summed E-state index contributed by atoms with van der Waals surface area (Å²) in [5.41, 5.74) is 1.64. The second kappa shape index (κ2) is 7.56. The van der Waals surface area contributed by atoms with Crippen molar-refractivity contribution in [1.29, 1.82) is 0 Å². The van der Waals surface area contributed by atoms with E-state index >= 15 is 0 Å². The molecule has 1 rings (SSSR count). The lowest BCUT2D eigenvalue weighted by atomic mass is 10.1. The van der Waals surface area contributed by atoms with Gasteiger partial charge in [-0.05, 0) is 25.0 Å². The Labute approximate surface area is 114 Å². The molecule has 19 heavy (non-hydrogen) atoms. The number of aryl methyl sites for hydroxylation is 1. The maximum atomic E-state index is 12.0. The highest BCUT2D eigenvalue weighted by molar-refractivity contribution is 5.95. The minimum atomic E-state index is -0.0851. The van der Waals surface area contributed by atoms with Crippen LogP contribution in [0.1, 0.15) is 36.2 Å². The molecule has 1 aromatic rings. The van der Waals surface area contributed by atoms with Crippen molar-refractivity contribution >= 4 is 11.8 Å². The van der Waals surface area contributed by atoms with Gasteiger partial charge in [0.25, 0.3) is 5.91 Å². The van der Waals surface area contributed by atoms with Crippen LogP contribution in [-0.4, -0.2) is 36.3 Å². The summed E-state index contributed by atoms with van der Waals surface area (Å²) >= 11 is 0. The van der Waals surface area contributed by atoms with Gasteiger partial charge in [0.1, 0.15) is 0 Å². The average Bonchev–Trinajstić information content (AvgIpc) is 2.37. The maximum Gasteiger partial charge on any atom is 0.251 e. The largest absolute Gasteiger partial charge is 0.350 e. The van der Waals surface area contributed by atoms with E-state index in [-0.39, 0.29) is 11.8 Å². The smallest absolute Gasteiger partial charge is 0.251 e. The Morgan fingerprint density at radius 2 is 1.89 bits per heavy atom. The number of benzene rings is 1. The fraction of sp³-hybridized carbons (Fsp3) is 0.467. The van der Waals surface area contributed by atoms with Gasteiger partial charge in [-0.15, -0.1) is 0 Å². The highest BCUT2D eigenvalue weighted by Gasteiger charge is 2.10. The summed E-state index contributed by atoms with van der Waals surface area (Å²) in [5.74, 6) is -0.0370. The molecule has 0 atom stereocenters. The highest BCUT2D eigenvalue weighted by Crippen LogP contribution is 2.06. The van der Waals surface area contributed by atoms with E-state index in [4.69, 9.17) is 0 Å². The van der Waals surface area contributed by atoms with Gasteiger partial charge in [-0.25, -0.2) is 0 Å². The first-order valence-electron chi connectivity index (χ1n) is 6.65. The lowest BCUT2D eigenvalue weighted by Gasteiger charge is -2.20. The Balaban J connectivity index is 2.47. The van der Waals surface area contributed by atoms with Crippen LogP contribution in [0, 0.1) is 6.92 Å². The minimum Gasteiger partial charge on any atom is -0.350 e. The first-order valence-corrected chi connectivity index (χ1v) is 6.65. The number of carbonyl (C=O) groups excluding carboxylic acids is 2. The first kappa shape index (κ1) is 15.2. The fourth-order valence-corrected chi connectivity index (χ4v) is 1.92. The van der Waals surface area contributed by atoms with E-state index < -0.39 is 0 Å². The average molecular weight is 262 g/mol. The zero-order valence-electron chi connectivity index (χ0n) is 11.9. The van der Waals surface area contributed by atoms with Crippen LogP contribution in [0.3, 0.4) is 0 Å². The Kier molecular flexibility index (Phi) is 6.06. The number of hydrogen-bond acceptors (Lipinski definition) is 2. The molecule has 1 aromatic carbocycles. The van der Waals surface area contributed by atoms with Gasteiger partial charge in [0.15, 0.2) is 0 Å². The summed E-state index contributed by atoms with van der Waals surface area (Å²) in [6.45, 7) is 7.26. The third-order valence-electron chi connectivity index (χ3n) is 3.00. The van der Waals surface area contributed by atoms with Crippen LogP contribution in [0.25, 0.3) is 0 Å². The van der Waals surface area contributed by atoms with E-state index in [1.165, 1.54) is 0 Å². The molecule has 0 unspecified atom stereocenters. The molecule has 0 aromatic heterocycles. The molecule has 0 aliphatic heterocycles. The van der Waals surface area contributed by atoms with Gasteiger partial charge in [0, 0.05) is 32.1 Å². The molecule has 0 heterocycles. The van der Waals surface area contributed by atoms with Crippen LogP contribution in [0.15, 0.2) is 24.3 Å². The van der Waals surface area contributed by atoms with Gasteiger partial charge in [-0.3, -0.25) is 9.59 Å². The molecule has 0 saturated carbocycles. The van der Waals surface area contributed by atoms with Crippen LogP contribution >= 0.6 is 0 Å². The molecule has 0 saturated heterocycles. The monoisotopic (exact) mass is 262 g/mol. The summed E-state index contributed by atoms with van der Waals surface area (Å²) in [4.78, 5) is 25.1. The van der Waals surface area contributed by atoms with Crippen molar-refractivity contribution in [3.05, 3.63) is 35.4 Å². The topological polar surface area (TPSA) is 49.4 Å². The summed E-state index contributed by atoms with van der Waals surface area (Å²) in [6.07, 6.45) is 0.922. The standard InChI is InChI=1S/C15H22N2O2/c1-4-10-17(13(3)18)11-9-16-15(19)14-8-6-5-7-12(14)2/h5-8H,4,9-11H2,1-3H3,(H,16,19). The molecule has 0 bridgehead atoms. The number of nitrogens with zero attached hydrogens (tertiary/aromatic N) is 1. The summed E-state index contributed by atoms with van der Waals surface area (Å²) < 4.78 is 0. The maximum absolute atomic E-state index is 12.0. The Bertz CT molecular complexity index is 444. The van der Waals surface area contributed by atoms with Gasteiger partial charge in [0.2, 0.25) is 5.91 Å². The summed E-state index contributed by atoms with van der Waals surface area (Å²) in [7, 11) is 0. The van der Waals surface area contributed by atoms with Gasteiger partial charge in [-0.2, -0.15) is 0 Å². The molecule has 4 nitrogen and oxygen atoms in total. The van der Waals surface area contributed by atoms with Crippen molar-refractivity contribution < 1.29 is 9.59 Å². The van der Waals surface area contributed by atoms with Crippen molar-refractivity contribution in [2.45, 2.75) is 27.2 Å². The molecule has 4 heteroatoms. The lowest BCUT2D eigenvalue weighted by molar-refractivity contribution is -0.128. The quantitative estimate of drug-likeness (QED) is 0.852. The van der Waals surface area contributed by atoms with Crippen molar-refractivity contribution in [2.75, 3.05) is 19.6 Å².